The summed E-state index contributed by atoms with van der Waals surface area (Å²) in [5.74, 6) is 0.952. The second-order valence-electron chi connectivity index (χ2n) is 6.31. The molecular formula is C17H21N7O. The molecule has 8 nitrogen and oxygen atoms in total. The van der Waals surface area contributed by atoms with Crippen LogP contribution in [-0.2, 0) is 18.3 Å². The summed E-state index contributed by atoms with van der Waals surface area (Å²) in [6, 6.07) is 4.12. The molecule has 1 N–H and O–H groups in total. The lowest BCUT2D eigenvalue weighted by Crippen LogP contribution is -2.26. The van der Waals surface area contributed by atoms with Crippen LogP contribution < -0.4 is 0 Å². The van der Waals surface area contributed by atoms with Crippen molar-refractivity contribution in [3.8, 4) is 11.3 Å². The maximum atomic E-state index is 5.60. The Bertz CT molecular complexity index is 828. The molecule has 0 aliphatic carbocycles. The Morgan fingerprint density at radius 3 is 2.96 bits per heavy atom. The number of aryl methyl sites for hydroxylation is 1. The van der Waals surface area contributed by atoms with Crippen molar-refractivity contribution in [1.29, 1.82) is 0 Å². The zero-order chi connectivity index (χ0) is 17.2. The maximum absolute atomic E-state index is 5.60. The van der Waals surface area contributed by atoms with E-state index in [9.17, 15) is 0 Å². The maximum Gasteiger partial charge on any atom is 0.124 e. The Kier molecular flexibility index (Phi) is 4.29. The first-order valence-corrected chi connectivity index (χ1v) is 8.30. The number of pyridine rings is 1. The molecule has 1 aliphatic rings. The van der Waals surface area contributed by atoms with Crippen LogP contribution in [-0.4, -0.2) is 54.6 Å². The summed E-state index contributed by atoms with van der Waals surface area (Å²) >= 11 is 0. The van der Waals surface area contributed by atoms with Crippen molar-refractivity contribution >= 4 is 0 Å². The number of H-pyrrole nitrogens is 1. The Morgan fingerprint density at radius 2 is 2.24 bits per heavy atom. The summed E-state index contributed by atoms with van der Waals surface area (Å²) in [6.45, 7) is 1.62. The molecule has 0 bridgehead atoms. The van der Waals surface area contributed by atoms with Gasteiger partial charge < -0.3 is 9.72 Å². The molecule has 25 heavy (non-hydrogen) atoms. The van der Waals surface area contributed by atoms with E-state index in [1.807, 2.05) is 31.6 Å². The Balaban J connectivity index is 1.58. The number of ether oxygens (including phenoxy) is 1. The number of nitrogens with one attached hydrogen (secondary N) is 1. The fraction of sp³-hybridized carbons (Fsp3) is 0.412. The van der Waals surface area contributed by atoms with Crippen molar-refractivity contribution in [3.63, 3.8) is 0 Å². The molecule has 130 valence electrons. The molecule has 0 amide bonds. The van der Waals surface area contributed by atoms with Crippen LogP contribution in [0.4, 0.5) is 0 Å². The number of likely N-dealkylation sites (tertiary alicyclic amines) is 1. The van der Waals surface area contributed by atoms with Gasteiger partial charge in [-0.25, -0.2) is 4.98 Å². The normalized spacial score (nSPS) is 21.0. The third kappa shape index (κ3) is 3.18. The number of methoxy groups -OCH3 is 1. The summed E-state index contributed by atoms with van der Waals surface area (Å²) in [7, 11) is 3.68. The molecule has 0 unspecified atom stereocenters. The smallest absolute Gasteiger partial charge is 0.124 e. The number of aromatic amines is 1. The summed E-state index contributed by atoms with van der Waals surface area (Å²) in [5, 5.41) is 7.99. The highest BCUT2D eigenvalue weighted by molar-refractivity contribution is 5.56. The number of hydrogen-bond acceptors (Lipinski definition) is 6. The topological polar surface area (TPSA) is 84.8 Å². The highest BCUT2D eigenvalue weighted by Crippen LogP contribution is 2.33. The fourth-order valence-electron chi connectivity index (χ4n) is 3.33. The number of aromatic nitrogens is 6. The van der Waals surface area contributed by atoms with Crippen LogP contribution >= 0.6 is 0 Å². The molecule has 1 saturated heterocycles. The Labute approximate surface area is 145 Å². The van der Waals surface area contributed by atoms with E-state index in [1.54, 1.807) is 24.2 Å². The van der Waals surface area contributed by atoms with Gasteiger partial charge in [0.15, 0.2) is 0 Å². The summed E-state index contributed by atoms with van der Waals surface area (Å²) in [6.07, 6.45) is 8.38. The van der Waals surface area contributed by atoms with Gasteiger partial charge in [-0.05, 0) is 18.6 Å². The van der Waals surface area contributed by atoms with Crippen LogP contribution in [0.2, 0.25) is 0 Å². The quantitative estimate of drug-likeness (QED) is 0.759. The molecule has 3 aromatic rings. The summed E-state index contributed by atoms with van der Waals surface area (Å²) in [4.78, 5) is 14.6. The van der Waals surface area contributed by atoms with E-state index in [4.69, 9.17) is 4.74 Å². The minimum atomic E-state index is 0.172. The van der Waals surface area contributed by atoms with Gasteiger partial charge in [0, 0.05) is 45.2 Å². The van der Waals surface area contributed by atoms with Crippen LogP contribution in [0.5, 0.6) is 0 Å². The molecule has 0 saturated carbocycles. The second kappa shape index (κ2) is 6.73. The summed E-state index contributed by atoms with van der Waals surface area (Å²) in [5.41, 5.74) is 3.08. The minimum Gasteiger partial charge on any atom is -0.380 e. The standard InChI is InChI=1S/C17H21N7O/c1-23-13(8-20-22-23)10-24-11-14(25-2)6-16(24)17-19-9-15(21-17)12-4-3-5-18-7-12/h3-5,7-9,14,16H,6,10-11H2,1-2H3,(H,19,21)/t14-,16+/m1/s1. The molecule has 2 atom stereocenters. The monoisotopic (exact) mass is 339 g/mol. The van der Waals surface area contributed by atoms with Gasteiger partial charge in [0.1, 0.15) is 5.82 Å². The average molecular weight is 339 g/mol. The first-order chi connectivity index (χ1) is 12.2. The van der Waals surface area contributed by atoms with Crippen LogP contribution in [0, 0.1) is 0 Å². The molecule has 8 heteroatoms. The first-order valence-electron chi connectivity index (χ1n) is 8.30. The van der Waals surface area contributed by atoms with Crippen molar-refractivity contribution in [1.82, 2.24) is 34.8 Å². The molecule has 1 aliphatic heterocycles. The molecule has 1 fully saturated rings. The molecule has 4 heterocycles. The zero-order valence-electron chi connectivity index (χ0n) is 14.3. The van der Waals surface area contributed by atoms with Gasteiger partial charge >= 0.3 is 0 Å². The number of nitrogens with zero attached hydrogens (tertiary/aromatic N) is 6. The van der Waals surface area contributed by atoms with Gasteiger partial charge in [-0.2, -0.15) is 0 Å². The molecule has 4 rings (SSSR count). The van der Waals surface area contributed by atoms with Crippen LogP contribution in [0.1, 0.15) is 24.0 Å². The van der Waals surface area contributed by atoms with Crippen molar-refractivity contribution in [2.45, 2.75) is 25.1 Å². The fourth-order valence-corrected chi connectivity index (χ4v) is 3.33. The third-order valence-electron chi connectivity index (χ3n) is 4.76. The zero-order valence-corrected chi connectivity index (χ0v) is 14.3. The van der Waals surface area contributed by atoms with Crippen molar-refractivity contribution in [2.24, 2.45) is 7.05 Å². The van der Waals surface area contributed by atoms with Crippen LogP contribution in [0.15, 0.2) is 36.9 Å². The Hall–Kier alpha value is -2.58. The Morgan fingerprint density at radius 1 is 1.32 bits per heavy atom. The summed E-state index contributed by atoms with van der Waals surface area (Å²) < 4.78 is 7.41. The van der Waals surface area contributed by atoms with E-state index in [0.29, 0.717) is 0 Å². The van der Waals surface area contributed by atoms with Gasteiger partial charge in [0.05, 0.1) is 35.9 Å². The predicted molar refractivity (Wildman–Crippen MR) is 91.4 cm³/mol. The number of hydrogen-bond donors (Lipinski definition) is 1. The molecule has 0 aromatic carbocycles. The van der Waals surface area contributed by atoms with E-state index in [1.165, 1.54) is 0 Å². The van der Waals surface area contributed by atoms with E-state index < -0.39 is 0 Å². The van der Waals surface area contributed by atoms with Crippen molar-refractivity contribution in [2.75, 3.05) is 13.7 Å². The lowest BCUT2D eigenvalue weighted by Gasteiger charge is -2.22. The van der Waals surface area contributed by atoms with Crippen LogP contribution in [0.25, 0.3) is 11.3 Å². The molecule has 0 radical (unpaired) electrons. The molecular weight excluding hydrogens is 318 g/mol. The van der Waals surface area contributed by atoms with Crippen LogP contribution in [0.3, 0.4) is 0 Å². The predicted octanol–water partition coefficient (Wildman–Crippen LogP) is 1.56. The minimum absolute atomic E-state index is 0.172. The highest BCUT2D eigenvalue weighted by atomic mass is 16.5. The van der Waals surface area contributed by atoms with E-state index >= 15 is 0 Å². The highest BCUT2D eigenvalue weighted by Gasteiger charge is 2.35. The lowest BCUT2D eigenvalue weighted by atomic mass is 10.2. The number of imidazole rings is 1. The van der Waals surface area contributed by atoms with Gasteiger partial charge in [-0.1, -0.05) is 5.21 Å². The first kappa shape index (κ1) is 15.9. The van der Waals surface area contributed by atoms with Gasteiger partial charge in [0.25, 0.3) is 0 Å². The van der Waals surface area contributed by atoms with Crippen molar-refractivity contribution in [3.05, 3.63) is 48.4 Å². The largest absolute Gasteiger partial charge is 0.380 e. The van der Waals surface area contributed by atoms with E-state index in [0.717, 1.165) is 42.3 Å². The van der Waals surface area contributed by atoms with Gasteiger partial charge in [-0.15, -0.1) is 5.10 Å². The third-order valence-corrected chi connectivity index (χ3v) is 4.76. The van der Waals surface area contributed by atoms with Gasteiger partial charge in [-0.3, -0.25) is 14.6 Å². The average Bonchev–Trinajstić information content (AvgIpc) is 3.36. The van der Waals surface area contributed by atoms with Crippen molar-refractivity contribution < 1.29 is 4.74 Å². The van der Waals surface area contributed by atoms with E-state index in [2.05, 4.69) is 30.2 Å². The molecule has 0 spiro atoms. The van der Waals surface area contributed by atoms with E-state index in [-0.39, 0.29) is 12.1 Å². The number of rotatable bonds is 5. The SMILES string of the molecule is CO[C@@H]1C[C@@H](c2ncc(-c3cccnc3)[nH]2)N(Cc2cnnn2C)C1. The van der Waals surface area contributed by atoms with Gasteiger partial charge in [0.2, 0.25) is 0 Å². The second-order valence-corrected chi connectivity index (χ2v) is 6.31. The molecule has 3 aromatic heterocycles. The lowest BCUT2D eigenvalue weighted by molar-refractivity contribution is 0.107.